The van der Waals surface area contributed by atoms with Gasteiger partial charge in [0.1, 0.15) is 0 Å². The number of aliphatic hydroxyl groups excluding tert-OH is 1. The molecule has 1 fully saturated rings. The molecule has 1 heteroatoms. The number of hydrogen-bond acceptors (Lipinski definition) is 1. The first-order valence-electron chi connectivity index (χ1n) is 10.2. The molecule has 2 aliphatic rings. The highest BCUT2D eigenvalue weighted by atomic mass is 16.3. The zero-order chi connectivity index (χ0) is 18.0. The summed E-state index contributed by atoms with van der Waals surface area (Å²) in [6, 6.07) is 0. The van der Waals surface area contributed by atoms with Crippen LogP contribution in [0.1, 0.15) is 92.9 Å². The maximum atomic E-state index is 9.41. The van der Waals surface area contributed by atoms with E-state index in [0.717, 1.165) is 24.7 Å². The van der Waals surface area contributed by atoms with Gasteiger partial charge in [-0.15, -0.1) is 0 Å². The fraction of sp³-hybridized carbons (Fsp3) is 0.826. The molecule has 1 nitrogen and oxygen atoms in total. The fourth-order valence-corrected chi connectivity index (χ4v) is 5.74. The summed E-state index contributed by atoms with van der Waals surface area (Å²) in [5.74, 6) is 1.59. The maximum absolute atomic E-state index is 9.41. The smallest absolute Gasteiger partial charge is 0.0515 e. The molecule has 0 aliphatic heterocycles. The molecule has 0 radical (unpaired) electrons. The van der Waals surface area contributed by atoms with Gasteiger partial charge in [0.25, 0.3) is 0 Å². The molecule has 0 saturated heterocycles. The number of allylic oxidation sites excluding steroid dienone is 4. The zero-order valence-electron chi connectivity index (χ0n) is 17.0. The molecule has 138 valence electrons. The maximum Gasteiger partial charge on any atom is 0.0515 e. The molecule has 0 bridgehead atoms. The van der Waals surface area contributed by atoms with Crippen molar-refractivity contribution in [3.63, 3.8) is 0 Å². The first-order valence-corrected chi connectivity index (χ1v) is 10.2. The van der Waals surface area contributed by atoms with E-state index in [1.807, 2.05) is 6.92 Å². The van der Waals surface area contributed by atoms with Crippen molar-refractivity contribution in [3.05, 3.63) is 23.3 Å². The molecule has 0 spiro atoms. The molecular formula is C23H40O. The van der Waals surface area contributed by atoms with E-state index in [-0.39, 0.29) is 6.10 Å². The minimum absolute atomic E-state index is 0.179. The Bertz CT molecular complexity index is 482. The van der Waals surface area contributed by atoms with E-state index in [9.17, 15) is 5.11 Å². The largest absolute Gasteiger partial charge is 0.393 e. The van der Waals surface area contributed by atoms with Crippen molar-refractivity contribution in [2.75, 3.05) is 0 Å². The molecule has 0 aromatic rings. The lowest BCUT2D eigenvalue weighted by Crippen LogP contribution is -2.48. The standard InChI is InChI=1S/C23H40O/c1-17(9-7-10-19(3)24)11-13-20-18(2)12-14-21-22(4,5)15-8-16-23(20,21)6/h9,12,19-21,24H,7-8,10-11,13-16H2,1-6H3/b17-9+/t19-,20+,21+,23-/m0/s1. The SMILES string of the molecule is CC1=CC[C@@H]2C(C)(C)CCC[C@@]2(C)[C@@H]1CC/C(C)=C/CC[C@H](C)O. The lowest BCUT2D eigenvalue weighted by atomic mass is 9.48. The lowest BCUT2D eigenvalue weighted by Gasteiger charge is -2.57. The van der Waals surface area contributed by atoms with Crippen LogP contribution in [0.15, 0.2) is 23.3 Å². The second-order valence-electron chi connectivity index (χ2n) is 9.65. The Morgan fingerprint density at radius 1 is 1.33 bits per heavy atom. The number of hydrogen-bond donors (Lipinski definition) is 1. The Labute approximate surface area is 150 Å². The van der Waals surface area contributed by atoms with Crippen molar-refractivity contribution < 1.29 is 5.11 Å². The van der Waals surface area contributed by atoms with Crippen LogP contribution in [0.4, 0.5) is 0 Å². The number of rotatable bonds is 6. The third-order valence-corrected chi connectivity index (χ3v) is 7.20. The molecular weight excluding hydrogens is 292 g/mol. The Kier molecular flexibility index (Phi) is 6.40. The van der Waals surface area contributed by atoms with Crippen LogP contribution < -0.4 is 0 Å². The van der Waals surface area contributed by atoms with Gasteiger partial charge < -0.3 is 5.11 Å². The van der Waals surface area contributed by atoms with Gasteiger partial charge in [0.2, 0.25) is 0 Å². The fourth-order valence-electron chi connectivity index (χ4n) is 5.74. The third-order valence-electron chi connectivity index (χ3n) is 7.20. The van der Waals surface area contributed by atoms with Crippen molar-refractivity contribution in [1.29, 1.82) is 0 Å². The van der Waals surface area contributed by atoms with Gasteiger partial charge in [-0.3, -0.25) is 0 Å². The molecule has 2 aliphatic carbocycles. The summed E-state index contributed by atoms with van der Waals surface area (Å²) in [5, 5.41) is 9.41. The highest BCUT2D eigenvalue weighted by Gasteiger charge is 2.51. The van der Waals surface area contributed by atoms with Crippen molar-refractivity contribution in [2.24, 2.45) is 22.7 Å². The molecule has 0 unspecified atom stereocenters. The second-order valence-corrected chi connectivity index (χ2v) is 9.65. The summed E-state index contributed by atoms with van der Waals surface area (Å²) in [6.07, 6.45) is 14.6. The second kappa shape index (κ2) is 7.77. The molecule has 4 atom stereocenters. The van der Waals surface area contributed by atoms with Gasteiger partial charge in [-0.2, -0.15) is 0 Å². The van der Waals surface area contributed by atoms with E-state index in [1.165, 1.54) is 44.1 Å². The first-order chi connectivity index (χ1) is 11.2. The summed E-state index contributed by atoms with van der Waals surface area (Å²) in [7, 11) is 0. The van der Waals surface area contributed by atoms with E-state index in [4.69, 9.17) is 0 Å². The molecule has 1 saturated carbocycles. The third kappa shape index (κ3) is 4.34. The quantitative estimate of drug-likeness (QED) is 0.538. The van der Waals surface area contributed by atoms with Crippen LogP contribution in [-0.2, 0) is 0 Å². The van der Waals surface area contributed by atoms with Crippen molar-refractivity contribution >= 4 is 0 Å². The van der Waals surface area contributed by atoms with Crippen LogP contribution in [-0.4, -0.2) is 11.2 Å². The highest BCUT2D eigenvalue weighted by Crippen LogP contribution is 2.60. The minimum Gasteiger partial charge on any atom is -0.393 e. The van der Waals surface area contributed by atoms with Gasteiger partial charge in [-0.25, -0.2) is 0 Å². The molecule has 1 N–H and O–H groups in total. The van der Waals surface area contributed by atoms with Gasteiger partial charge >= 0.3 is 0 Å². The predicted octanol–water partition coefficient (Wildman–Crippen LogP) is 6.67. The van der Waals surface area contributed by atoms with Crippen LogP contribution in [0.3, 0.4) is 0 Å². The predicted molar refractivity (Wildman–Crippen MR) is 105 cm³/mol. The Morgan fingerprint density at radius 3 is 2.71 bits per heavy atom. The van der Waals surface area contributed by atoms with Crippen LogP contribution in [0, 0.1) is 22.7 Å². The topological polar surface area (TPSA) is 20.2 Å². The Morgan fingerprint density at radius 2 is 2.04 bits per heavy atom. The molecule has 24 heavy (non-hydrogen) atoms. The van der Waals surface area contributed by atoms with Gasteiger partial charge in [-0.05, 0) is 88.4 Å². The van der Waals surface area contributed by atoms with Crippen molar-refractivity contribution in [3.8, 4) is 0 Å². The number of fused-ring (bicyclic) bond motifs is 1. The van der Waals surface area contributed by atoms with Crippen LogP contribution in [0.25, 0.3) is 0 Å². The van der Waals surface area contributed by atoms with Gasteiger partial charge in [-0.1, -0.05) is 50.5 Å². The Hall–Kier alpha value is -0.560. The van der Waals surface area contributed by atoms with Gasteiger partial charge in [0, 0.05) is 0 Å². The normalized spacial score (nSPS) is 34.5. The van der Waals surface area contributed by atoms with Gasteiger partial charge in [0.15, 0.2) is 0 Å². The summed E-state index contributed by atoms with van der Waals surface area (Å²) in [5.41, 5.74) is 4.12. The molecule has 0 aromatic heterocycles. The van der Waals surface area contributed by atoms with Crippen molar-refractivity contribution in [2.45, 2.75) is 99.0 Å². The first kappa shape index (κ1) is 19.8. The summed E-state index contributed by atoms with van der Waals surface area (Å²) >= 11 is 0. The highest BCUT2D eigenvalue weighted by molar-refractivity contribution is 5.19. The molecule has 0 heterocycles. The van der Waals surface area contributed by atoms with E-state index < -0.39 is 0 Å². The van der Waals surface area contributed by atoms with E-state index in [2.05, 4.69) is 46.8 Å². The summed E-state index contributed by atoms with van der Waals surface area (Å²) in [6.45, 7) is 14.1. The van der Waals surface area contributed by atoms with E-state index in [0.29, 0.717) is 10.8 Å². The van der Waals surface area contributed by atoms with Crippen LogP contribution in [0.2, 0.25) is 0 Å². The molecule has 2 rings (SSSR count). The zero-order valence-corrected chi connectivity index (χ0v) is 17.0. The van der Waals surface area contributed by atoms with Crippen LogP contribution in [0.5, 0.6) is 0 Å². The van der Waals surface area contributed by atoms with Crippen LogP contribution >= 0.6 is 0 Å². The molecule has 0 aromatic carbocycles. The monoisotopic (exact) mass is 332 g/mol. The molecule has 0 amide bonds. The number of aliphatic hydroxyl groups is 1. The van der Waals surface area contributed by atoms with Gasteiger partial charge in [0.05, 0.1) is 6.10 Å². The van der Waals surface area contributed by atoms with Crippen molar-refractivity contribution in [1.82, 2.24) is 0 Å². The van der Waals surface area contributed by atoms with E-state index in [1.54, 1.807) is 5.57 Å². The summed E-state index contributed by atoms with van der Waals surface area (Å²) < 4.78 is 0. The average molecular weight is 333 g/mol. The Balaban J connectivity index is 2.05. The lowest BCUT2D eigenvalue weighted by molar-refractivity contribution is -0.0390. The summed E-state index contributed by atoms with van der Waals surface area (Å²) in [4.78, 5) is 0. The van der Waals surface area contributed by atoms with E-state index >= 15 is 0 Å². The minimum atomic E-state index is -0.179. The average Bonchev–Trinajstić information content (AvgIpc) is 2.45.